The molecule has 0 saturated carbocycles. The zero-order valence-electron chi connectivity index (χ0n) is 8.97. The van der Waals surface area contributed by atoms with Gasteiger partial charge in [-0.25, -0.2) is 5.90 Å². The molecule has 0 unspecified atom stereocenters. The third-order valence-corrected chi connectivity index (χ3v) is 2.06. The van der Waals surface area contributed by atoms with Crippen molar-refractivity contribution in [3.05, 3.63) is 0 Å². The van der Waals surface area contributed by atoms with Crippen molar-refractivity contribution in [3.8, 4) is 0 Å². The minimum atomic E-state index is 0. The molecule has 0 aliphatic rings. The summed E-state index contributed by atoms with van der Waals surface area (Å²) >= 11 is 0. The highest BCUT2D eigenvalue weighted by atomic mass is 16.4. The van der Waals surface area contributed by atoms with Gasteiger partial charge in [0, 0.05) is 2.85 Å². The molecule has 0 spiro atoms. The number of nitrogens with two attached hydrogens (primary N) is 2. The van der Waals surface area contributed by atoms with Gasteiger partial charge in [-0.2, -0.15) is 0 Å². The van der Waals surface area contributed by atoms with Gasteiger partial charge in [0.15, 0.2) is 0 Å². The average Bonchev–Trinajstić information content (AvgIpc) is 2.20. The lowest BCUT2D eigenvalue weighted by molar-refractivity contribution is 0.311. The summed E-state index contributed by atoms with van der Waals surface area (Å²) < 4.78 is 0. The van der Waals surface area contributed by atoms with Crippen LogP contribution in [-0.2, 0) is 0 Å². The van der Waals surface area contributed by atoms with Gasteiger partial charge < -0.3 is 10.9 Å². The standard InChI is InChI=1S/C10H23N.H3NO.2H2/c1-2-3-4-5-6-7-8-9-10-11;1-2;;/h2-11H2,1H3;2H,1H2;2*1H. The van der Waals surface area contributed by atoms with Crippen LogP contribution in [0, 0.1) is 0 Å². The Morgan fingerprint density at radius 1 is 0.846 bits per heavy atom. The zero-order valence-corrected chi connectivity index (χ0v) is 8.97. The van der Waals surface area contributed by atoms with Crippen LogP contribution in [0.15, 0.2) is 0 Å². The minimum absolute atomic E-state index is 0. The fraction of sp³-hybridized carbons (Fsp3) is 1.00. The number of hydrogen-bond donors (Lipinski definition) is 3. The summed E-state index contributed by atoms with van der Waals surface area (Å²) in [4.78, 5) is 0. The van der Waals surface area contributed by atoms with Crippen LogP contribution >= 0.6 is 0 Å². The first-order valence-corrected chi connectivity index (χ1v) is 5.37. The maximum Gasteiger partial charge on any atom is 0 e. The van der Waals surface area contributed by atoms with Crippen LogP contribution < -0.4 is 11.6 Å². The predicted octanol–water partition coefficient (Wildman–Crippen LogP) is 2.91. The normalized spacial score (nSPS) is 9.23. The Hall–Kier alpha value is -0.120. The molecule has 0 aromatic carbocycles. The van der Waals surface area contributed by atoms with E-state index in [1.54, 1.807) is 0 Å². The van der Waals surface area contributed by atoms with Crippen LogP contribution in [0.3, 0.4) is 0 Å². The van der Waals surface area contributed by atoms with E-state index in [2.05, 4.69) is 12.8 Å². The molecule has 0 aromatic rings. The molecule has 0 heterocycles. The van der Waals surface area contributed by atoms with Gasteiger partial charge in [-0.15, -0.1) is 0 Å². The van der Waals surface area contributed by atoms with Crippen molar-refractivity contribution in [2.75, 3.05) is 6.54 Å². The highest BCUT2D eigenvalue weighted by molar-refractivity contribution is 4.45. The molecule has 0 atom stereocenters. The average molecular weight is 194 g/mol. The third-order valence-electron chi connectivity index (χ3n) is 2.06. The smallest absolute Gasteiger partial charge is 0 e. The maximum atomic E-state index is 6.50. The van der Waals surface area contributed by atoms with Crippen molar-refractivity contribution in [3.63, 3.8) is 0 Å². The topological polar surface area (TPSA) is 72.3 Å². The summed E-state index contributed by atoms with van der Waals surface area (Å²) in [6, 6.07) is 0. The molecular formula is C10H30N2O. The van der Waals surface area contributed by atoms with E-state index in [4.69, 9.17) is 10.9 Å². The van der Waals surface area contributed by atoms with Gasteiger partial charge in [0.2, 0.25) is 0 Å². The molecule has 0 fully saturated rings. The SMILES string of the molecule is CCCCCCCCCCN.NO.[HH].[HH]. The number of hydrogen-bond acceptors (Lipinski definition) is 3. The monoisotopic (exact) mass is 194 g/mol. The summed E-state index contributed by atoms with van der Waals surface area (Å²) in [7, 11) is 0. The fourth-order valence-electron chi connectivity index (χ4n) is 1.28. The van der Waals surface area contributed by atoms with Gasteiger partial charge in [-0.3, -0.25) is 0 Å². The zero-order chi connectivity index (χ0) is 10.4. The Bertz CT molecular complexity index is 70.4. The van der Waals surface area contributed by atoms with E-state index >= 15 is 0 Å². The maximum absolute atomic E-state index is 6.50. The number of unbranched alkanes of at least 4 members (excludes halogenated alkanes) is 7. The summed E-state index contributed by atoms with van der Waals surface area (Å²) in [5.41, 5.74) is 5.39. The largest absolute Gasteiger partial charge is 0.330 e. The Balaban J connectivity index is -0.000000142. The Kier molecular flexibility index (Phi) is 21.1. The van der Waals surface area contributed by atoms with E-state index in [0.717, 1.165) is 6.54 Å². The molecule has 3 nitrogen and oxygen atoms in total. The quantitative estimate of drug-likeness (QED) is 0.411. The van der Waals surface area contributed by atoms with E-state index in [-0.39, 0.29) is 2.85 Å². The third kappa shape index (κ3) is 18.7. The van der Waals surface area contributed by atoms with Gasteiger partial charge in [0.25, 0.3) is 0 Å². The van der Waals surface area contributed by atoms with Crippen molar-refractivity contribution < 1.29 is 8.06 Å². The van der Waals surface area contributed by atoms with Gasteiger partial charge in [-0.1, -0.05) is 51.9 Å². The molecule has 13 heavy (non-hydrogen) atoms. The molecular weight excluding hydrogens is 164 g/mol. The molecule has 0 bridgehead atoms. The summed E-state index contributed by atoms with van der Waals surface area (Å²) in [5.74, 6) is 3.50. The Labute approximate surface area is 85.4 Å². The van der Waals surface area contributed by atoms with Crippen molar-refractivity contribution >= 4 is 0 Å². The number of rotatable bonds is 8. The predicted molar refractivity (Wildman–Crippen MR) is 61.9 cm³/mol. The molecule has 0 aliphatic heterocycles. The first kappa shape index (κ1) is 15.4. The highest BCUT2D eigenvalue weighted by Crippen LogP contribution is 2.07. The summed E-state index contributed by atoms with van der Waals surface area (Å²) in [6.07, 6.45) is 11.0. The molecule has 0 aliphatic carbocycles. The Morgan fingerprint density at radius 3 is 1.62 bits per heavy atom. The van der Waals surface area contributed by atoms with Crippen molar-refractivity contribution in [2.24, 2.45) is 11.6 Å². The lowest BCUT2D eigenvalue weighted by atomic mass is 10.1. The van der Waals surface area contributed by atoms with Gasteiger partial charge in [-0.05, 0) is 13.0 Å². The highest BCUT2D eigenvalue weighted by Gasteiger charge is 1.89. The summed E-state index contributed by atoms with van der Waals surface area (Å²) in [6.45, 7) is 3.13. The minimum Gasteiger partial charge on any atom is -0.330 e. The van der Waals surface area contributed by atoms with E-state index in [9.17, 15) is 0 Å². The first-order valence-electron chi connectivity index (χ1n) is 5.37. The second-order valence-electron chi connectivity index (χ2n) is 3.26. The van der Waals surface area contributed by atoms with Crippen molar-refractivity contribution in [1.82, 2.24) is 0 Å². The van der Waals surface area contributed by atoms with Crippen molar-refractivity contribution in [1.29, 1.82) is 0 Å². The second-order valence-corrected chi connectivity index (χ2v) is 3.26. The van der Waals surface area contributed by atoms with Crippen LogP contribution in [0.1, 0.15) is 61.1 Å². The van der Waals surface area contributed by atoms with E-state index in [1.165, 1.54) is 51.4 Å². The fourth-order valence-corrected chi connectivity index (χ4v) is 1.28. The second kappa shape index (κ2) is 17.8. The molecule has 0 aromatic heterocycles. The van der Waals surface area contributed by atoms with Crippen LogP contribution in [0.2, 0.25) is 0 Å². The Morgan fingerprint density at radius 2 is 1.23 bits per heavy atom. The van der Waals surface area contributed by atoms with Crippen LogP contribution in [0.4, 0.5) is 0 Å². The van der Waals surface area contributed by atoms with Crippen LogP contribution in [0.5, 0.6) is 0 Å². The van der Waals surface area contributed by atoms with Gasteiger partial charge in [0.1, 0.15) is 0 Å². The van der Waals surface area contributed by atoms with E-state index < -0.39 is 0 Å². The van der Waals surface area contributed by atoms with E-state index in [1.807, 2.05) is 0 Å². The van der Waals surface area contributed by atoms with Crippen molar-refractivity contribution in [2.45, 2.75) is 58.3 Å². The van der Waals surface area contributed by atoms with Crippen LogP contribution in [0.25, 0.3) is 0 Å². The first-order chi connectivity index (χ1) is 6.41. The van der Waals surface area contributed by atoms with Crippen LogP contribution in [-0.4, -0.2) is 11.8 Å². The summed E-state index contributed by atoms with van der Waals surface area (Å²) in [5, 5.41) is 6.50. The molecule has 3 heteroatoms. The molecule has 86 valence electrons. The van der Waals surface area contributed by atoms with Gasteiger partial charge in [0.05, 0.1) is 0 Å². The van der Waals surface area contributed by atoms with Gasteiger partial charge >= 0.3 is 0 Å². The molecule has 5 N–H and O–H groups in total. The lowest BCUT2D eigenvalue weighted by Crippen LogP contribution is -1.97. The molecule has 0 rings (SSSR count). The van der Waals surface area contributed by atoms with E-state index in [0.29, 0.717) is 0 Å². The lowest BCUT2D eigenvalue weighted by Gasteiger charge is -1.99. The molecule has 0 amide bonds. The molecule has 0 saturated heterocycles. The molecule has 0 radical (unpaired) electrons.